The summed E-state index contributed by atoms with van der Waals surface area (Å²) in [6.45, 7) is 10.1. The first-order chi connectivity index (χ1) is 10.8. The lowest BCUT2D eigenvalue weighted by Crippen LogP contribution is -2.44. The minimum absolute atomic E-state index is 0. The molecule has 23 heavy (non-hydrogen) atoms. The van der Waals surface area contributed by atoms with E-state index in [9.17, 15) is 4.79 Å². The second-order valence-electron chi connectivity index (χ2n) is 5.33. The average Bonchev–Trinajstić information content (AvgIpc) is 2.58. The number of rotatable bonds is 8. The molecule has 0 bridgehead atoms. The molecule has 6 heteroatoms. The summed E-state index contributed by atoms with van der Waals surface area (Å²) in [6, 6.07) is 7.17. The summed E-state index contributed by atoms with van der Waals surface area (Å²) in [5.74, 6) is 0.714. The monoisotopic (exact) mass is 339 g/mol. The van der Waals surface area contributed by atoms with Gasteiger partial charge in [0.15, 0.2) is 0 Å². The van der Waals surface area contributed by atoms with Crippen LogP contribution < -0.4 is 15.4 Å². The van der Waals surface area contributed by atoms with E-state index in [1.165, 1.54) is 0 Å². The molecule has 1 aliphatic rings. The quantitative estimate of drug-likeness (QED) is 0.559. The van der Waals surface area contributed by atoms with E-state index in [-0.39, 0.29) is 18.3 Å². The maximum absolute atomic E-state index is 12.0. The van der Waals surface area contributed by atoms with Gasteiger partial charge in [-0.25, -0.2) is 0 Å². The Kier molecular flexibility index (Phi) is 9.36. The Labute approximate surface area is 144 Å². The lowest BCUT2D eigenvalue weighted by atomic mass is 10.2. The highest BCUT2D eigenvalue weighted by atomic mass is 35.5. The Hall–Kier alpha value is -1.56. The fraction of sp³-hybridized carbons (Fsp3) is 0.471. The number of carbonyl (C=O) groups excluding carboxylic acids is 1. The van der Waals surface area contributed by atoms with Crippen molar-refractivity contribution in [2.45, 2.75) is 6.42 Å². The number of ether oxygens (including phenoxy) is 1. The second-order valence-corrected chi connectivity index (χ2v) is 5.33. The zero-order valence-electron chi connectivity index (χ0n) is 13.4. The van der Waals surface area contributed by atoms with Crippen molar-refractivity contribution in [3.63, 3.8) is 0 Å². The standard InChI is InChI=1S/C17H25N3O2.ClH/c1-2-14-22-16-6-4-15(5-7-16)17(21)19-8-3-11-20-12-9-18-10-13-20;/h2,4-7,18H,1,3,8-14H2,(H,19,21);1H. The van der Waals surface area contributed by atoms with E-state index in [0.717, 1.165) is 44.9 Å². The summed E-state index contributed by atoms with van der Waals surface area (Å²) in [5.41, 5.74) is 0.660. The summed E-state index contributed by atoms with van der Waals surface area (Å²) in [4.78, 5) is 14.5. The molecule has 0 aromatic heterocycles. The molecule has 2 N–H and O–H groups in total. The van der Waals surface area contributed by atoms with Crippen molar-refractivity contribution < 1.29 is 9.53 Å². The number of nitrogens with one attached hydrogen (secondary N) is 2. The Balaban J connectivity index is 0.00000264. The molecular weight excluding hydrogens is 314 g/mol. The normalized spacial score (nSPS) is 14.6. The average molecular weight is 340 g/mol. The number of halogens is 1. The van der Waals surface area contributed by atoms with Gasteiger partial charge < -0.3 is 20.3 Å². The molecule has 1 aromatic rings. The number of carbonyl (C=O) groups is 1. The van der Waals surface area contributed by atoms with E-state index in [2.05, 4.69) is 22.1 Å². The van der Waals surface area contributed by atoms with Crippen LogP contribution in [0.1, 0.15) is 16.8 Å². The van der Waals surface area contributed by atoms with Gasteiger partial charge in [0.2, 0.25) is 0 Å². The van der Waals surface area contributed by atoms with Gasteiger partial charge in [-0.05, 0) is 37.2 Å². The van der Waals surface area contributed by atoms with Crippen LogP contribution in [0.25, 0.3) is 0 Å². The summed E-state index contributed by atoms with van der Waals surface area (Å²) >= 11 is 0. The van der Waals surface area contributed by atoms with Crippen LogP contribution >= 0.6 is 12.4 Å². The fourth-order valence-corrected chi connectivity index (χ4v) is 2.40. The Morgan fingerprint density at radius 3 is 2.65 bits per heavy atom. The summed E-state index contributed by atoms with van der Waals surface area (Å²) in [6.07, 6.45) is 2.67. The molecule has 0 saturated carbocycles. The largest absolute Gasteiger partial charge is 0.490 e. The highest BCUT2D eigenvalue weighted by molar-refractivity contribution is 5.94. The molecule has 0 unspecified atom stereocenters. The molecule has 1 saturated heterocycles. The second kappa shape index (κ2) is 11.0. The fourth-order valence-electron chi connectivity index (χ4n) is 2.40. The van der Waals surface area contributed by atoms with Gasteiger partial charge in [0.05, 0.1) is 0 Å². The maximum atomic E-state index is 12.0. The molecule has 1 aliphatic heterocycles. The predicted molar refractivity (Wildman–Crippen MR) is 95.6 cm³/mol. The van der Waals surface area contributed by atoms with Crippen molar-refractivity contribution in [2.24, 2.45) is 0 Å². The lowest BCUT2D eigenvalue weighted by molar-refractivity contribution is 0.0951. The number of piperazine rings is 1. The third-order valence-corrected chi connectivity index (χ3v) is 3.63. The molecular formula is C17H26ClN3O2. The van der Waals surface area contributed by atoms with Gasteiger partial charge in [0.25, 0.3) is 5.91 Å². The number of benzene rings is 1. The molecule has 5 nitrogen and oxygen atoms in total. The topological polar surface area (TPSA) is 53.6 Å². The van der Waals surface area contributed by atoms with Crippen LogP contribution in [0.2, 0.25) is 0 Å². The summed E-state index contributed by atoms with van der Waals surface area (Å²) in [5, 5.41) is 6.30. The number of hydrogen-bond donors (Lipinski definition) is 2. The highest BCUT2D eigenvalue weighted by Gasteiger charge is 2.09. The summed E-state index contributed by atoms with van der Waals surface area (Å²) in [7, 11) is 0. The van der Waals surface area contributed by atoms with Gasteiger partial charge >= 0.3 is 0 Å². The molecule has 1 aromatic carbocycles. The van der Waals surface area contributed by atoms with Crippen LogP contribution in [0.4, 0.5) is 0 Å². The Morgan fingerprint density at radius 1 is 1.30 bits per heavy atom. The zero-order chi connectivity index (χ0) is 15.6. The van der Waals surface area contributed by atoms with E-state index in [1.54, 1.807) is 30.3 Å². The molecule has 0 aliphatic carbocycles. The van der Waals surface area contributed by atoms with E-state index in [1.807, 2.05) is 0 Å². The third-order valence-electron chi connectivity index (χ3n) is 3.63. The molecule has 1 amide bonds. The van der Waals surface area contributed by atoms with Gasteiger partial charge in [0, 0.05) is 38.3 Å². The molecule has 1 heterocycles. The van der Waals surface area contributed by atoms with Crippen molar-refractivity contribution >= 4 is 18.3 Å². The first-order valence-corrected chi connectivity index (χ1v) is 7.84. The predicted octanol–water partition coefficient (Wildman–Crippen LogP) is 1.70. The van der Waals surface area contributed by atoms with Gasteiger partial charge in [-0.15, -0.1) is 12.4 Å². The van der Waals surface area contributed by atoms with E-state index >= 15 is 0 Å². The van der Waals surface area contributed by atoms with Crippen LogP contribution in [-0.4, -0.2) is 56.7 Å². The molecule has 128 valence electrons. The van der Waals surface area contributed by atoms with Crippen molar-refractivity contribution in [2.75, 3.05) is 45.9 Å². The van der Waals surface area contributed by atoms with Gasteiger partial charge in [-0.3, -0.25) is 4.79 Å². The van der Waals surface area contributed by atoms with Crippen LogP contribution in [0, 0.1) is 0 Å². The van der Waals surface area contributed by atoms with Gasteiger partial charge in [-0.1, -0.05) is 12.7 Å². The number of amides is 1. The smallest absolute Gasteiger partial charge is 0.251 e. The molecule has 2 rings (SSSR count). The van der Waals surface area contributed by atoms with Gasteiger partial charge in [-0.2, -0.15) is 0 Å². The van der Waals surface area contributed by atoms with Crippen LogP contribution in [-0.2, 0) is 0 Å². The van der Waals surface area contributed by atoms with Gasteiger partial charge in [0.1, 0.15) is 12.4 Å². The number of nitrogens with zero attached hydrogens (tertiary/aromatic N) is 1. The van der Waals surface area contributed by atoms with Crippen molar-refractivity contribution in [3.05, 3.63) is 42.5 Å². The SMILES string of the molecule is C=CCOc1ccc(C(=O)NCCCN2CCNCC2)cc1.Cl. The van der Waals surface area contributed by atoms with Crippen molar-refractivity contribution in [1.29, 1.82) is 0 Å². The van der Waals surface area contributed by atoms with Crippen LogP contribution in [0.3, 0.4) is 0 Å². The van der Waals surface area contributed by atoms with E-state index in [0.29, 0.717) is 18.7 Å². The highest BCUT2D eigenvalue weighted by Crippen LogP contribution is 2.12. The summed E-state index contributed by atoms with van der Waals surface area (Å²) < 4.78 is 5.40. The van der Waals surface area contributed by atoms with Crippen LogP contribution in [0.5, 0.6) is 5.75 Å². The molecule has 0 radical (unpaired) electrons. The maximum Gasteiger partial charge on any atom is 0.251 e. The molecule has 0 spiro atoms. The molecule has 1 fully saturated rings. The Morgan fingerprint density at radius 2 is 2.00 bits per heavy atom. The van der Waals surface area contributed by atoms with Crippen molar-refractivity contribution in [1.82, 2.24) is 15.5 Å². The lowest BCUT2D eigenvalue weighted by Gasteiger charge is -2.27. The van der Waals surface area contributed by atoms with E-state index < -0.39 is 0 Å². The van der Waals surface area contributed by atoms with Crippen molar-refractivity contribution in [3.8, 4) is 5.75 Å². The first kappa shape index (κ1) is 19.5. The van der Waals surface area contributed by atoms with E-state index in [4.69, 9.17) is 4.74 Å². The molecule has 0 atom stereocenters. The minimum Gasteiger partial charge on any atom is -0.490 e. The number of hydrogen-bond acceptors (Lipinski definition) is 4. The zero-order valence-corrected chi connectivity index (χ0v) is 14.2. The Bertz CT molecular complexity index is 473. The first-order valence-electron chi connectivity index (χ1n) is 7.84. The third kappa shape index (κ3) is 7.03. The minimum atomic E-state index is -0.0319. The van der Waals surface area contributed by atoms with Crippen LogP contribution in [0.15, 0.2) is 36.9 Å².